The van der Waals surface area contributed by atoms with Gasteiger partial charge >= 0.3 is 0 Å². The van der Waals surface area contributed by atoms with Crippen molar-refractivity contribution in [2.75, 3.05) is 78.1 Å². The van der Waals surface area contributed by atoms with Crippen LogP contribution in [0.1, 0.15) is 13.8 Å². The largest absolute Gasteiger partial charge is 0.495 e. The van der Waals surface area contributed by atoms with Gasteiger partial charge in [0.15, 0.2) is 5.96 Å². The third-order valence-electron chi connectivity index (χ3n) is 5.97. The minimum atomic E-state index is 0.491. The maximum atomic E-state index is 5.53. The standard InChI is InChI=1S/C22H37N5O2/c1-18(2)20(26-13-15-29-16-14-26)17-24-22(23-3)27-11-9-25(10-12-27)19-7-5-6-8-21(19)28-4/h5-8,18,20H,9-17H2,1-4H3,(H,23,24). The Hall–Kier alpha value is -1.99. The molecule has 0 aliphatic carbocycles. The summed E-state index contributed by atoms with van der Waals surface area (Å²) >= 11 is 0. The van der Waals surface area contributed by atoms with Crippen molar-refractivity contribution in [3.8, 4) is 5.75 Å². The molecule has 7 nitrogen and oxygen atoms in total. The fraction of sp³-hybridized carbons (Fsp3) is 0.682. The van der Waals surface area contributed by atoms with E-state index >= 15 is 0 Å². The molecule has 1 aromatic rings. The van der Waals surface area contributed by atoms with Crippen molar-refractivity contribution in [2.45, 2.75) is 19.9 Å². The molecule has 2 aliphatic rings. The summed E-state index contributed by atoms with van der Waals surface area (Å²) in [5.74, 6) is 2.53. The molecule has 0 saturated carbocycles. The second kappa shape index (κ2) is 10.7. The summed E-state index contributed by atoms with van der Waals surface area (Å²) in [4.78, 5) is 11.9. The zero-order chi connectivity index (χ0) is 20.6. The van der Waals surface area contributed by atoms with Gasteiger partial charge in [-0.1, -0.05) is 26.0 Å². The van der Waals surface area contributed by atoms with E-state index in [9.17, 15) is 0 Å². The first kappa shape index (κ1) is 21.7. The highest BCUT2D eigenvalue weighted by atomic mass is 16.5. The molecule has 1 atom stereocenters. The summed E-state index contributed by atoms with van der Waals surface area (Å²) in [6.07, 6.45) is 0. The number of benzene rings is 1. The van der Waals surface area contributed by atoms with Crippen LogP contribution in [-0.2, 0) is 4.74 Å². The highest BCUT2D eigenvalue weighted by molar-refractivity contribution is 5.80. The Morgan fingerprint density at radius 3 is 2.41 bits per heavy atom. The molecule has 0 radical (unpaired) electrons. The minimum absolute atomic E-state index is 0.491. The Morgan fingerprint density at radius 2 is 1.79 bits per heavy atom. The highest BCUT2D eigenvalue weighted by Crippen LogP contribution is 2.28. The fourth-order valence-electron chi connectivity index (χ4n) is 4.27. The molecule has 1 N–H and O–H groups in total. The number of nitrogens with zero attached hydrogens (tertiary/aromatic N) is 4. The number of nitrogens with one attached hydrogen (secondary N) is 1. The number of methoxy groups -OCH3 is 1. The maximum Gasteiger partial charge on any atom is 0.193 e. The molecule has 0 aromatic heterocycles. The van der Waals surface area contributed by atoms with Crippen LogP contribution in [0.15, 0.2) is 29.3 Å². The molecular formula is C22H37N5O2. The summed E-state index contributed by atoms with van der Waals surface area (Å²) in [7, 11) is 3.62. The van der Waals surface area contributed by atoms with Crippen molar-refractivity contribution in [2.24, 2.45) is 10.9 Å². The molecule has 29 heavy (non-hydrogen) atoms. The molecule has 1 aromatic carbocycles. The third-order valence-corrected chi connectivity index (χ3v) is 5.97. The van der Waals surface area contributed by atoms with Crippen molar-refractivity contribution >= 4 is 11.6 Å². The molecule has 3 rings (SSSR count). The third kappa shape index (κ3) is 5.54. The van der Waals surface area contributed by atoms with Crippen molar-refractivity contribution in [1.82, 2.24) is 15.1 Å². The van der Waals surface area contributed by atoms with Gasteiger partial charge in [0.2, 0.25) is 0 Å². The first-order chi connectivity index (χ1) is 14.1. The van der Waals surface area contributed by atoms with E-state index < -0.39 is 0 Å². The van der Waals surface area contributed by atoms with E-state index in [1.807, 2.05) is 19.2 Å². The molecule has 2 saturated heterocycles. The van der Waals surface area contributed by atoms with Gasteiger partial charge in [-0.25, -0.2) is 0 Å². The normalized spacial score (nSPS) is 20.1. The van der Waals surface area contributed by atoms with Crippen molar-refractivity contribution < 1.29 is 9.47 Å². The van der Waals surface area contributed by atoms with Gasteiger partial charge in [0.05, 0.1) is 26.0 Å². The number of piperazine rings is 1. The molecule has 7 heteroatoms. The van der Waals surface area contributed by atoms with E-state index in [0.717, 1.165) is 70.7 Å². The smallest absolute Gasteiger partial charge is 0.193 e. The molecular weight excluding hydrogens is 366 g/mol. The predicted molar refractivity (Wildman–Crippen MR) is 119 cm³/mol. The van der Waals surface area contributed by atoms with Crippen molar-refractivity contribution in [1.29, 1.82) is 0 Å². The van der Waals surface area contributed by atoms with Crippen molar-refractivity contribution in [3.63, 3.8) is 0 Å². The van der Waals surface area contributed by atoms with Gasteiger partial charge in [0, 0.05) is 58.9 Å². The number of aliphatic imine (C=N–C) groups is 1. The predicted octanol–water partition coefficient (Wildman–Crippen LogP) is 1.75. The highest BCUT2D eigenvalue weighted by Gasteiger charge is 2.26. The molecule has 1 unspecified atom stereocenters. The number of morpholine rings is 1. The van der Waals surface area contributed by atoms with Crippen LogP contribution < -0.4 is 15.0 Å². The zero-order valence-electron chi connectivity index (χ0n) is 18.4. The van der Waals surface area contributed by atoms with Crippen LogP contribution >= 0.6 is 0 Å². The first-order valence-electron chi connectivity index (χ1n) is 10.8. The first-order valence-corrected chi connectivity index (χ1v) is 10.8. The average Bonchev–Trinajstić information content (AvgIpc) is 2.77. The molecule has 0 amide bonds. The Bertz CT molecular complexity index is 652. The van der Waals surface area contributed by atoms with Crippen LogP contribution in [0.5, 0.6) is 5.75 Å². The SMILES string of the molecule is CN=C(NCC(C(C)C)N1CCOCC1)N1CCN(c2ccccc2OC)CC1. The number of anilines is 1. The van der Waals surface area contributed by atoms with Crippen molar-refractivity contribution in [3.05, 3.63) is 24.3 Å². The van der Waals surface area contributed by atoms with Crippen LogP contribution in [0, 0.1) is 5.92 Å². The lowest BCUT2D eigenvalue weighted by molar-refractivity contribution is 0.00739. The molecule has 2 heterocycles. The van der Waals surface area contributed by atoms with Crippen LogP contribution in [0.4, 0.5) is 5.69 Å². The summed E-state index contributed by atoms with van der Waals surface area (Å²) in [5, 5.41) is 3.65. The van der Waals surface area contributed by atoms with Gasteiger partial charge in [0.25, 0.3) is 0 Å². The summed E-state index contributed by atoms with van der Waals surface area (Å²) in [6, 6.07) is 8.74. The monoisotopic (exact) mass is 403 g/mol. The lowest BCUT2D eigenvalue weighted by atomic mass is 10.0. The van der Waals surface area contributed by atoms with E-state index in [0.29, 0.717) is 12.0 Å². The van der Waals surface area contributed by atoms with E-state index in [1.54, 1.807) is 7.11 Å². The van der Waals surface area contributed by atoms with Gasteiger partial charge in [-0.3, -0.25) is 9.89 Å². The molecule has 0 bridgehead atoms. The average molecular weight is 404 g/mol. The Morgan fingerprint density at radius 1 is 1.10 bits per heavy atom. The van der Waals surface area contributed by atoms with Gasteiger partial charge in [-0.2, -0.15) is 0 Å². The second-order valence-electron chi connectivity index (χ2n) is 8.03. The van der Waals surface area contributed by atoms with Crippen LogP contribution in [0.25, 0.3) is 0 Å². The molecule has 2 aliphatic heterocycles. The Kier molecular flexibility index (Phi) is 8.00. The number of ether oxygens (including phenoxy) is 2. The van der Waals surface area contributed by atoms with E-state index in [-0.39, 0.29) is 0 Å². The maximum absolute atomic E-state index is 5.53. The Balaban J connectivity index is 1.54. The Labute approximate surface area is 175 Å². The quantitative estimate of drug-likeness (QED) is 0.577. The number of para-hydroxylation sites is 2. The second-order valence-corrected chi connectivity index (χ2v) is 8.03. The summed E-state index contributed by atoms with van der Waals surface area (Å²) < 4.78 is 11.1. The number of hydrogen-bond acceptors (Lipinski definition) is 5. The summed E-state index contributed by atoms with van der Waals surface area (Å²) in [5.41, 5.74) is 1.17. The van der Waals surface area contributed by atoms with Crippen LogP contribution in [-0.4, -0.2) is 95.0 Å². The lowest BCUT2D eigenvalue weighted by Gasteiger charge is -2.40. The zero-order valence-corrected chi connectivity index (χ0v) is 18.4. The van der Waals surface area contributed by atoms with Gasteiger partial charge < -0.3 is 24.6 Å². The van der Waals surface area contributed by atoms with E-state index in [4.69, 9.17) is 9.47 Å². The molecule has 0 spiro atoms. The topological polar surface area (TPSA) is 52.6 Å². The minimum Gasteiger partial charge on any atom is -0.495 e. The van der Waals surface area contributed by atoms with Crippen LogP contribution in [0.3, 0.4) is 0 Å². The van der Waals surface area contributed by atoms with Gasteiger partial charge in [-0.05, 0) is 18.1 Å². The number of guanidine groups is 1. The number of rotatable bonds is 6. The van der Waals surface area contributed by atoms with E-state index in [1.165, 1.54) is 5.69 Å². The summed E-state index contributed by atoms with van der Waals surface area (Å²) in [6.45, 7) is 13.0. The van der Waals surface area contributed by atoms with Gasteiger partial charge in [-0.15, -0.1) is 0 Å². The molecule has 2 fully saturated rings. The van der Waals surface area contributed by atoms with E-state index in [2.05, 4.69) is 51.0 Å². The molecule has 162 valence electrons. The lowest BCUT2D eigenvalue weighted by Crippen LogP contribution is -2.56. The van der Waals surface area contributed by atoms with Gasteiger partial charge in [0.1, 0.15) is 5.75 Å². The number of hydrogen-bond donors (Lipinski definition) is 1. The van der Waals surface area contributed by atoms with Crippen LogP contribution in [0.2, 0.25) is 0 Å². The fourth-order valence-corrected chi connectivity index (χ4v) is 4.27.